The molecule has 1 aliphatic carbocycles. The average molecular weight is 341 g/mol. The number of nitrogens with two attached hydrogens (primary N) is 1. The molecule has 1 unspecified atom stereocenters. The minimum atomic E-state index is 0.172. The second kappa shape index (κ2) is 6.33. The van der Waals surface area contributed by atoms with E-state index in [-0.39, 0.29) is 6.04 Å². The first kappa shape index (κ1) is 14.2. The van der Waals surface area contributed by atoms with Crippen LogP contribution < -0.4 is 20.5 Å². The number of hydrogen-bond acceptors (Lipinski definition) is 4. The normalized spacial score (nSPS) is 20.1. The van der Waals surface area contributed by atoms with Gasteiger partial charge in [-0.15, -0.1) is 0 Å². The summed E-state index contributed by atoms with van der Waals surface area (Å²) in [6.45, 7) is 1.79. The molecule has 0 radical (unpaired) electrons. The summed E-state index contributed by atoms with van der Waals surface area (Å²) in [4.78, 5) is 0. The molecule has 0 bridgehead atoms. The number of ether oxygens (including phenoxy) is 2. The van der Waals surface area contributed by atoms with Crippen LogP contribution in [0, 0.1) is 0 Å². The lowest BCUT2D eigenvalue weighted by molar-refractivity contribution is 0.170. The highest BCUT2D eigenvalue weighted by atomic mass is 79.9. The maximum atomic E-state index is 5.96. The Bertz CT molecular complexity index is 475. The van der Waals surface area contributed by atoms with Gasteiger partial charge >= 0.3 is 0 Å². The molecule has 0 aromatic heterocycles. The molecular weight excluding hydrogens is 320 g/mol. The Morgan fingerprint density at radius 1 is 1.25 bits per heavy atom. The van der Waals surface area contributed by atoms with Gasteiger partial charge in [0.25, 0.3) is 0 Å². The van der Waals surface area contributed by atoms with Crippen molar-refractivity contribution in [1.29, 1.82) is 0 Å². The molecule has 1 heterocycles. The molecule has 0 amide bonds. The van der Waals surface area contributed by atoms with Crippen molar-refractivity contribution in [3.8, 4) is 11.5 Å². The first-order valence-electron chi connectivity index (χ1n) is 7.33. The molecule has 110 valence electrons. The van der Waals surface area contributed by atoms with Crippen molar-refractivity contribution < 1.29 is 9.47 Å². The molecule has 1 aromatic rings. The van der Waals surface area contributed by atoms with Gasteiger partial charge in [-0.05, 0) is 46.5 Å². The minimum Gasteiger partial charge on any atom is -0.486 e. The van der Waals surface area contributed by atoms with Gasteiger partial charge in [0.05, 0.1) is 4.47 Å². The van der Waals surface area contributed by atoms with Crippen molar-refractivity contribution in [2.75, 3.05) is 19.8 Å². The summed E-state index contributed by atoms with van der Waals surface area (Å²) in [5, 5.41) is 3.67. The summed E-state index contributed by atoms with van der Waals surface area (Å²) < 4.78 is 12.3. The Hall–Kier alpha value is -0.780. The maximum Gasteiger partial charge on any atom is 0.175 e. The van der Waals surface area contributed by atoms with E-state index in [1.807, 2.05) is 0 Å². The van der Waals surface area contributed by atoms with Gasteiger partial charge in [0.15, 0.2) is 11.5 Å². The largest absolute Gasteiger partial charge is 0.486 e. The summed E-state index contributed by atoms with van der Waals surface area (Å²) in [6, 6.07) is 4.91. The molecular formula is C15H21BrN2O2. The van der Waals surface area contributed by atoms with Gasteiger partial charge in [0.2, 0.25) is 0 Å². The summed E-state index contributed by atoms with van der Waals surface area (Å²) in [6.07, 6.45) is 5.14. The van der Waals surface area contributed by atoms with E-state index in [0.29, 0.717) is 25.8 Å². The van der Waals surface area contributed by atoms with Gasteiger partial charge in [-0.25, -0.2) is 0 Å². The van der Waals surface area contributed by atoms with Gasteiger partial charge in [-0.1, -0.05) is 12.8 Å². The topological polar surface area (TPSA) is 56.5 Å². The summed E-state index contributed by atoms with van der Waals surface area (Å²) in [5.41, 5.74) is 7.12. The zero-order valence-electron chi connectivity index (χ0n) is 11.5. The molecule has 1 saturated carbocycles. The molecule has 3 rings (SSSR count). The van der Waals surface area contributed by atoms with Crippen molar-refractivity contribution in [3.63, 3.8) is 0 Å². The van der Waals surface area contributed by atoms with Gasteiger partial charge in [0, 0.05) is 18.6 Å². The first-order valence-corrected chi connectivity index (χ1v) is 8.12. The van der Waals surface area contributed by atoms with Crippen molar-refractivity contribution in [2.45, 2.75) is 37.8 Å². The Kier molecular flexibility index (Phi) is 4.48. The second-order valence-corrected chi connectivity index (χ2v) is 6.32. The van der Waals surface area contributed by atoms with Crippen LogP contribution in [0.2, 0.25) is 0 Å². The Morgan fingerprint density at radius 3 is 2.75 bits per heavy atom. The lowest BCUT2D eigenvalue weighted by Gasteiger charge is -2.25. The monoisotopic (exact) mass is 340 g/mol. The van der Waals surface area contributed by atoms with Crippen LogP contribution in [0.3, 0.4) is 0 Å². The van der Waals surface area contributed by atoms with Gasteiger partial charge < -0.3 is 20.5 Å². The van der Waals surface area contributed by atoms with Crippen molar-refractivity contribution >= 4 is 15.9 Å². The number of fused-ring (bicyclic) bond motifs is 1. The fourth-order valence-corrected chi connectivity index (χ4v) is 3.58. The number of halogens is 1. The van der Waals surface area contributed by atoms with E-state index in [0.717, 1.165) is 21.5 Å². The highest BCUT2D eigenvalue weighted by Crippen LogP contribution is 2.40. The molecule has 4 nitrogen and oxygen atoms in total. The highest BCUT2D eigenvalue weighted by molar-refractivity contribution is 9.10. The molecule has 0 saturated heterocycles. The molecule has 20 heavy (non-hydrogen) atoms. The van der Waals surface area contributed by atoms with Gasteiger partial charge in [0.1, 0.15) is 13.2 Å². The zero-order valence-corrected chi connectivity index (χ0v) is 13.1. The van der Waals surface area contributed by atoms with Crippen LogP contribution in [-0.2, 0) is 0 Å². The highest BCUT2D eigenvalue weighted by Gasteiger charge is 2.23. The molecule has 1 fully saturated rings. The first-order chi connectivity index (χ1) is 9.78. The second-order valence-electron chi connectivity index (χ2n) is 5.46. The van der Waals surface area contributed by atoms with Crippen LogP contribution in [0.1, 0.15) is 37.3 Å². The third kappa shape index (κ3) is 2.95. The molecule has 5 heteroatoms. The van der Waals surface area contributed by atoms with Crippen LogP contribution in [0.4, 0.5) is 0 Å². The van der Waals surface area contributed by atoms with Gasteiger partial charge in [-0.3, -0.25) is 0 Å². The quantitative estimate of drug-likeness (QED) is 0.884. The van der Waals surface area contributed by atoms with E-state index in [1.54, 1.807) is 0 Å². The smallest absolute Gasteiger partial charge is 0.175 e. The number of hydrogen-bond donors (Lipinski definition) is 2. The molecule has 3 N–H and O–H groups in total. The predicted octanol–water partition coefficient (Wildman–Crippen LogP) is 2.75. The lowest BCUT2D eigenvalue weighted by Crippen LogP contribution is -2.35. The maximum absolute atomic E-state index is 5.96. The van der Waals surface area contributed by atoms with Crippen LogP contribution in [-0.4, -0.2) is 25.8 Å². The summed E-state index contributed by atoms with van der Waals surface area (Å²) in [5.74, 6) is 1.61. The molecule has 1 atom stereocenters. The third-order valence-electron chi connectivity index (χ3n) is 4.05. The number of rotatable bonds is 4. The molecule has 1 aliphatic heterocycles. The fourth-order valence-electron chi connectivity index (χ4n) is 3.01. The molecule has 1 aromatic carbocycles. The zero-order chi connectivity index (χ0) is 13.9. The van der Waals surface area contributed by atoms with E-state index < -0.39 is 0 Å². The molecule has 2 aliphatic rings. The van der Waals surface area contributed by atoms with E-state index in [2.05, 4.69) is 33.4 Å². The standard InChI is InChI=1S/C15H21BrN2O2/c16-12-7-10(8-14-15(12)20-6-5-19-14)13(9-17)18-11-3-1-2-4-11/h7-8,11,13,18H,1-6,9,17H2. The Morgan fingerprint density at radius 2 is 2.00 bits per heavy atom. The number of benzene rings is 1. The van der Waals surface area contributed by atoms with E-state index in [1.165, 1.54) is 25.7 Å². The van der Waals surface area contributed by atoms with E-state index >= 15 is 0 Å². The number of nitrogens with one attached hydrogen (secondary N) is 1. The lowest BCUT2D eigenvalue weighted by atomic mass is 10.0. The fraction of sp³-hybridized carbons (Fsp3) is 0.600. The Labute approximate surface area is 128 Å². The van der Waals surface area contributed by atoms with E-state index in [4.69, 9.17) is 15.2 Å². The van der Waals surface area contributed by atoms with Crippen LogP contribution in [0.5, 0.6) is 11.5 Å². The third-order valence-corrected chi connectivity index (χ3v) is 4.64. The summed E-state index contributed by atoms with van der Waals surface area (Å²) in [7, 11) is 0. The van der Waals surface area contributed by atoms with Crippen molar-refractivity contribution in [3.05, 3.63) is 22.2 Å². The van der Waals surface area contributed by atoms with Gasteiger partial charge in [-0.2, -0.15) is 0 Å². The minimum absolute atomic E-state index is 0.172. The molecule has 0 spiro atoms. The summed E-state index contributed by atoms with van der Waals surface area (Å²) >= 11 is 3.57. The Balaban J connectivity index is 1.81. The van der Waals surface area contributed by atoms with Crippen LogP contribution >= 0.6 is 15.9 Å². The van der Waals surface area contributed by atoms with E-state index in [9.17, 15) is 0 Å². The predicted molar refractivity (Wildman–Crippen MR) is 82.3 cm³/mol. The average Bonchev–Trinajstić information content (AvgIpc) is 2.97. The van der Waals surface area contributed by atoms with Crippen LogP contribution in [0.15, 0.2) is 16.6 Å². The SMILES string of the molecule is NCC(NC1CCCC1)c1cc(Br)c2c(c1)OCCO2. The van der Waals surface area contributed by atoms with Crippen molar-refractivity contribution in [2.24, 2.45) is 5.73 Å². The van der Waals surface area contributed by atoms with Crippen molar-refractivity contribution in [1.82, 2.24) is 5.32 Å². The van der Waals surface area contributed by atoms with Crippen LogP contribution in [0.25, 0.3) is 0 Å².